The molecule has 3 aromatic rings. The average molecular weight is 531 g/mol. The summed E-state index contributed by atoms with van der Waals surface area (Å²) < 4.78 is 11.9. The molecule has 0 amide bonds. The number of rotatable bonds is 16. The van der Waals surface area contributed by atoms with Gasteiger partial charge in [0.25, 0.3) is 5.69 Å². The van der Waals surface area contributed by atoms with Crippen LogP contribution in [-0.4, -0.2) is 41.8 Å². The predicted molar refractivity (Wildman–Crippen MR) is 150 cm³/mol. The first-order chi connectivity index (χ1) is 17.5. The van der Waals surface area contributed by atoms with Gasteiger partial charge in [0.2, 0.25) is 0 Å². The minimum absolute atomic E-state index is 0. The summed E-state index contributed by atoms with van der Waals surface area (Å²) in [4.78, 5) is 26.8. The van der Waals surface area contributed by atoms with Crippen molar-refractivity contribution in [2.75, 3.05) is 26.2 Å². The van der Waals surface area contributed by atoms with Crippen LogP contribution in [0.3, 0.4) is 0 Å². The number of nitro groups is 1. The molecule has 3 rings (SSSR count). The van der Waals surface area contributed by atoms with Crippen molar-refractivity contribution in [1.29, 1.82) is 0 Å². The van der Waals surface area contributed by atoms with Crippen molar-refractivity contribution in [3.63, 3.8) is 0 Å². The molecule has 0 saturated heterocycles. The summed E-state index contributed by atoms with van der Waals surface area (Å²) in [7, 11) is 0. The van der Waals surface area contributed by atoms with Crippen LogP contribution >= 0.6 is 12.4 Å². The highest BCUT2D eigenvalue weighted by molar-refractivity contribution is 6.17. The SMILES string of the molecule is CCCCc1oc2ccc([N+](=O)[O-])cc2c1C(=O)c1ccc(OCCN(CCCC)CCCC)cc1.Cl. The van der Waals surface area contributed by atoms with Crippen molar-refractivity contribution in [1.82, 2.24) is 4.90 Å². The smallest absolute Gasteiger partial charge is 0.270 e. The van der Waals surface area contributed by atoms with Gasteiger partial charge in [-0.25, -0.2) is 0 Å². The maximum atomic E-state index is 13.5. The zero-order chi connectivity index (χ0) is 25.9. The number of furan rings is 1. The summed E-state index contributed by atoms with van der Waals surface area (Å²) in [6.07, 6.45) is 7.15. The van der Waals surface area contributed by atoms with Crippen molar-refractivity contribution in [3.8, 4) is 5.75 Å². The van der Waals surface area contributed by atoms with Gasteiger partial charge in [-0.05, 0) is 62.7 Å². The van der Waals surface area contributed by atoms with Crippen LogP contribution in [0.5, 0.6) is 5.75 Å². The van der Waals surface area contributed by atoms with E-state index >= 15 is 0 Å². The molecule has 1 heterocycles. The first-order valence-electron chi connectivity index (χ1n) is 13.2. The molecular formula is C29H39ClN2O5. The number of nitrogens with zero attached hydrogens (tertiary/aromatic N) is 2. The van der Waals surface area contributed by atoms with E-state index in [9.17, 15) is 14.9 Å². The van der Waals surface area contributed by atoms with Crippen LogP contribution in [0.2, 0.25) is 0 Å². The third-order valence-electron chi connectivity index (χ3n) is 6.39. The molecular weight excluding hydrogens is 492 g/mol. The van der Waals surface area contributed by atoms with E-state index in [4.69, 9.17) is 9.15 Å². The van der Waals surface area contributed by atoms with Crippen LogP contribution in [0.15, 0.2) is 46.9 Å². The summed E-state index contributed by atoms with van der Waals surface area (Å²) in [5.74, 6) is 1.10. The Morgan fingerprint density at radius 1 is 0.946 bits per heavy atom. The third kappa shape index (κ3) is 8.30. The Labute approximate surface area is 225 Å². The summed E-state index contributed by atoms with van der Waals surface area (Å²) in [6, 6.07) is 11.5. The molecule has 0 atom stereocenters. The van der Waals surface area contributed by atoms with Gasteiger partial charge < -0.3 is 9.15 Å². The number of benzene rings is 2. The van der Waals surface area contributed by atoms with E-state index in [1.54, 1.807) is 18.2 Å². The van der Waals surface area contributed by atoms with E-state index < -0.39 is 4.92 Å². The van der Waals surface area contributed by atoms with Crippen LogP contribution in [0.1, 0.15) is 81.0 Å². The standard InChI is InChI=1S/C29H38N2O5.ClH/c1-4-7-10-27-28(25-21-23(31(33)34)13-16-26(25)36-27)29(32)22-11-14-24(15-12-22)35-20-19-30(17-8-5-2)18-9-6-3;/h11-16,21H,4-10,17-20H2,1-3H3;1H. The molecule has 0 fully saturated rings. The molecule has 0 unspecified atom stereocenters. The number of ketones is 1. The van der Waals surface area contributed by atoms with Gasteiger partial charge >= 0.3 is 0 Å². The summed E-state index contributed by atoms with van der Waals surface area (Å²) in [6.45, 7) is 10.1. The van der Waals surface area contributed by atoms with E-state index in [1.165, 1.54) is 37.8 Å². The highest BCUT2D eigenvalue weighted by atomic mass is 35.5. The second kappa shape index (κ2) is 15.4. The van der Waals surface area contributed by atoms with Crippen LogP contribution in [-0.2, 0) is 6.42 Å². The quantitative estimate of drug-likeness (QED) is 0.107. The number of ether oxygens (including phenoxy) is 1. The van der Waals surface area contributed by atoms with Crippen molar-refractivity contribution < 1.29 is 18.9 Å². The molecule has 0 aliphatic carbocycles. The highest BCUT2D eigenvalue weighted by Gasteiger charge is 2.23. The number of carbonyl (C=O) groups excluding carboxylic acids is 1. The number of non-ortho nitro benzene ring substituents is 1. The monoisotopic (exact) mass is 530 g/mol. The maximum absolute atomic E-state index is 13.5. The number of carbonyl (C=O) groups is 1. The molecule has 0 bridgehead atoms. The topological polar surface area (TPSA) is 85.8 Å². The Kier molecular flexibility index (Phi) is 12.6. The first kappa shape index (κ1) is 30.3. The third-order valence-corrected chi connectivity index (χ3v) is 6.39. The van der Waals surface area contributed by atoms with Gasteiger partial charge in [-0.2, -0.15) is 0 Å². The van der Waals surface area contributed by atoms with Crippen LogP contribution < -0.4 is 4.74 Å². The Morgan fingerprint density at radius 2 is 1.59 bits per heavy atom. The average Bonchev–Trinajstić information content (AvgIpc) is 3.26. The minimum Gasteiger partial charge on any atom is -0.492 e. The van der Waals surface area contributed by atoms with Gasteiger partial charge in [-0.15, -0.1) is 12.4 Å². The van der Waals surface area contributed by atoms with Crippen LogP contribution in [0, 0.1) is 10.1 Å². The zero-order valence-corrected chi connectivity index (χ0v) is 23.0. The predicted octanol–water partition coefficient (Wildman–Crippen LogP) is 7.62. The Bertz CT molecular complexity index is 1140. The highest BCUT2D eigenvalue weighted by Crippen LogP contribution is 2.32. The van der Waals surface area contributed by atoms with E-state index in [2.05, 4.69) is 25.7 Å². The first-order valence-corrected chi connectivity index (χ1v) is 13.2. The van der Waals surface area contributed by atoms with Gasteiger partial charge in [0.15, 0.2) is 5.78 Å². The Hall–Kier alpha value is -2.90. The molecule has 7 nitrogen and oxygen atoms in total. The minimum atomic E-state index is -0.454. The molecule has 2 aromatic carbocycles. The molecule has 1 aromatic heterocycles. The van der Waals surface area contributed by atoms with E-state index in [0.717, 1.165) is 38.2 Å². The number of halogens is 1. The second-order valence-corrected chi connectivity index (χ2v) is 9.19. The van der Waals surface area contributed by atoms with Crippen molar-refractivity contribution in [2.45, 2.75) is 65.7 Å². The van der Waals surface area contributed by atoms with Crippen molar-refractivity contribution in [2.24, 2.45) is 0 Å². The Balaban J connectivity index is 0.00000481. The lowest BCUT2D eigenvalue weighted by atomic mass is 9.98. The van der Waals surface area contributed by atoms with Gasteiger partial charge in [0.05, 0.1) is 10.5 Å². The lowest BCUT2D eigenvalue weighted by molar-refractivity contribution is -0.384. The number of unbranched alkanes of at least 4 members (excludes halogenated alkanes) is 3. The van der Waals surface area contributed by atoms with E-state index in [-0.39, 0.29) is 23.9 Å². The molecule has 8 heteroatoms. The number of aryl methyl sites for hydroxylation is 1. The zero-order valence-electron chi connectivity index (χ0n) is 22.2. The van der Waals surface area contributed by atoms with Gasteiger partial charge in [0.1, 0.15) is 23.7 Å². The molecule has 0 aliphatic heterocycles. The fourth-order valence-corrected chi connectivity index (χ4v) is 4.25. The molecule has 37 heavy (non-hydrogen) atoms. The van der Waals surface area contributed by atoms with E-state index in [0.29, 0.717) is 40.9 Å². The van der Waals surface area contributed by atoms with Gasteiger partial charge in [-0.3, -0.25) is 19.8 Å². The molecule has 0 saturated carbocycles. The lowest BCUT2D eigenvalue weighted by Crippen LogP contribution is -2.30. The number of nitro benzene ring substituents is 1. The van der Waals surface area contributed by atoms with Crippen molar-refractivity contribution >= 4 is 34.8 Å². The largest absolute Gasteiger partial charge is 0.492 e. The van der Waals surface area contributed by atoms with Gasteiger partial charge in [0, 0.05) is 36.0 Å². The molecule has 0 radical (unpaired) electrons. The maximum Gasteiger partial charge on any atom is 0.270 e. The fraction of sp³-hybridized carbons (Fsp3) is 0.483. The summed E-state index contributed by atoms with van der Waals surface area (Å²) in [5.41, 5.74) is 1.35. The van der Waals surface area contributed by atoms with Crippen LogP contribution in [0.4, 0.5) is 5.69 Å². The fourth-order valence-electron chi connectivity index (χ4n) is 4.25. The number of fused-ring (bicyclic) bond motifs is 1. The van der Waals surface area contributed by atoms with Crippen LogP contribution in [0.25, 0.3) is 11.0 Å². The molecule has 0 N–H and O–H groups in total. The second-order valence-electron chi connectivity index (χ2n) is 9.19. The molecule has 0 spiro atoms. The normalized spacial score (nSPS) is 11.0. The van der Waals surface area contributed by atoms with E-state index in [1.807, 2.05) is 12.1 Å². The van der Waals surface area contributed by atoms with Crippen molar-refractivity contribution in [3.05, 3.63) is 69.5 Å². The summed E-state index contributed by atoms with van der Waals surface area (Å²) in [5, 5.41) is 11.8. The Morgan fingerprint density at radius 3 is 2.19 bits per heavy atom. The number of hydrogen-bond acceptors (Lipinski definition) is 6. The van der Waals surface area contributed by atoms with Gasteiger partial charge in [-0.1, -0.05) is 40.0 Å². The molecule has 202 valence electrons. The molecule has 0 aliphatic rings. The summed E-state index contributed by atoms with van der Waals surface area (Å²) >= 11 is 0. The number of hydrogen-bond donors (Lipinski definition) is 0. The lowest BCUT2D eigenvalue weighted by Gasteiger charge is -2.22.